The largest absolute Gasteiger partial charge is 0.472 e. The van der Waals surface area contributed by atoms with Crippen molar-refractivity contribution in [3.63, 3.8) is 0 Å². The molecule has 0 heterocycles. The zero-order chi connectivity index (χ0) is 68.9. The van der Waals surface area contributed by atoms with E-state index in [2.05, 4.69) is 55.4 Å². The van der Waals surface area contributed by atoms with E-state index in [9.17, 15) is 43.2 Å². The molecule has 552 valence electrons. The molecule has 0 saturated carbocycles. The van der Waals surface area contributed by atoms with Gasteiger partial charge in [-0.3, -0.25) is 37.3 Å². The summed E-state index contributed by atoms with van der Waals surface area (Å²) < 4.78 is 68.4. The number of phosphoric acid groups is 2. The number of carbonyl (C=O) groups excluding carboxylic acids is 4. The van der Waals surface area contributed by atoms with Crippen molar-refractivity contribution in [1.82, 2.24) is 0 Å². The smallest absolute Gasteiger partial charge is 0.462 e. The van der Waals surface area contributed by atoms with E-state index in [1.165, 1.54) is 167 Å². The molecule has 0 aromatic heterocycles. The molecule has 0 aromatic rings. The van der Waals surface area contributed by atoms with E-state index < -0.39 is 97.5 Å². The Morgan fingerprint density at radius 2 is 0.516 bits per heavy atom. The van der Waals surface area contributed by atoms with Crippen molar-refractivity contribution in [2.24, 2.45) is 23.7 Å². The number of esters is 4. The molecule has 3 N–H and O–H groups in total. The van der Waals surface area contributed by atoms with Gasteiger partial charge in [0.05, 0.1) is 26.4 Å². The molecule has 0 aliphatic carbocycles. The number of carbonyl (C=O) groups is 4. The zero-order valence-electron chi connectivity index (χ0n) is 60.9. The normalized spacial score (nSPS) is 14.8. The van der Waals surface area contributed by atoms with E-state index in [1.54, 1.807) is 0 Å². The Balaban J connectivity index is 5.23. The zero-order valence-corrected chi connectivity index (χ0v) is 62.7. The van der Waals surface area contributed by atoms with Gasteiger partial charge < -0.3 is 33.8 Å². The first-order valence-corrected chi connectivity index (χ1v) is 41.3. The van der Waals surface area contributed by atoms with Crippen molar-refractivity contribution >= 4 is 39.5 Å². The van der Waals surface area contributed by atoms with Crippen LogP contribution in [0.15, 0.2) is 0 Å². The second-order valence-electron chi connectivity index (χ2n) is 28.1. The van der Waals surface area contributed by atoms with Crippen LogP contribution in [-0.4, -0.2) is 96.7 Å². The predicted molar refractivity (Wildman–Crippen MR) is 377 cm³/mol. The maximum Gasteiger partial charge on any atom is 0.472 e. The third-order valence-corrected chi connectivity index (χ3v) is 19.7. The number of aliphatic hydroxyl groups excluding tert-OH is 1. The summed E-state index contributed by atoms with van der Waals surface area (Å²) in [5.41, 5.74) is 0. The highest BCUT2D eigenvalue weighted by molar-refractivity contribution is 7.47. The fourth-order valence-corrected chi connectivity index (χ4v) is 12.7. The van der Waals surface area contributed by atoms with Gasteiger partial charge in [0.25, 0.3) is 0 Å². The molecule has 0 saturated heterocycles. The molecular weight excluding hydrogens is 1220 g/mol. The Morgan fingerprint density at radius 3 is 0.763 bits per heavy atom. The second kappa shape index (κ2) is 63.5. The number of aliphatic hydroxyl groups is 1. The minimum absolute atomic E-state index is 0.105. The molecule has 0 amide bonds. The van der Waals surface area contributed by atoms with Crippen LogP contribution in [0.4, 0.5) is 0 Å². The Kier molecular flexibility index (Phi) is 62.2. The Bertz CT molecular complexity index is 1840. The second-order valence-corrected chi connectivity index (χ2v) is 31.0. The molecule has 0 aliphatic rings. The molecule has 93 heavy (non-hydrogen) atoms. The quantitative estimate of drug-likeness (QED) is 0.0222. The first-order valence-electron chi connectivity index (χ1n) is 38.3. The first kappa shape index (κ1) is 91.1. The SMILES string of the molecule is CCC(C)CCCCCCCCCCCCCCCCC(=O)OC[C@H](COP(=O)(O)OC[C@@H](O)COP(=O)(O)OC[C@@H](COC(=O)CCCCCCCCC(C)CC)OC(=O)CCCCCCCCCCCCC(C)C)OC(=O)CCCCCCCCCCCC(C)C. The molecule has 7 atom stereocenters. The highest BCUT2D eigenvalue weighted by atomic mass is 31.2. The third kappa shape index (κ3) is 65.8. The van der Waals surface area contributed by atoms with E-state index in [0.29, 0.717) is 25.7 Å². The van der Waals surface area contributed by atoms with Crippen molar-refractivity contribution in [2.45, 2.75) is 388 Å². The average Bonchev–Trinajstić information content (AvgIpc) is 2.30. The molecule has 0 bridgehead atoms. The lowest BCUT2D eigenvalue weighted by atomic mass is 9.99. The topological polar surface area (TPSA) is 237 Å². The van der Waals surface area contributed by atoms with Crippen LogP contribution in [0.2, 0.25) is 0 Å². The molecule has 17 nitrogen and oxygen atoms in total. The number of ether oxygens (including phenoxy) is 4. The molecule has 0 spiro atoms. The van der Waals surface area contributed by atoms with E-state index in [1.807, 2.05) is 0 Å². The molecule has 0 rings (SSSR count). The van der Waals surface area contributed by atoms with Gasteiger partial charge in [0.15, 0.2) is 12.2 Å². The molecule has 4 unspecified atom stereocenters. The maximum absolute atomic E-state index is 13.1. The first-order chi connectivity index (χ1) is 44.7. The maximum atomic E-state index is 13.1. The van der Waals surface area contributed by atoms with Gasteiger partial charge in [-0.1, -0.05) is 319 Å². The van der Waals surface area contributed by atoms with Gasteiger partial charge in [0.2, 0.25) is 0 Å². The third-order valence-electron chi connectivity index (χ3n) is 17.8. The molecule has 0 radical (unpaired) electrons. The standard InChI is InChI=1S/C74H144O17P2/c1-9-66(7)52-44-36-28-22-15-13-11-12-14-16-23-29-38-46-54-71(76)84-60-69(90-74(79)57-49-41-31-25-19-21-27-35-43-51-65(5)6)62-88-92(80,81)86-58-68(75)59-87-93(82,83)89-63-70(61-85-72(77)55-47-39-33-32-37-45-53-67(8)10-2)91-73(78)56-48-40-30-24-18-17-20-26-34-42-50-64(3)4/h64-70,75H,9-63H2,1-8H3,(H,80,81)(H,82,83)/t66?,67?,68-,69-,70-/m1/s1. The highest BCUT2D eigenvalue weighted by Crippen LogP contribution is 2.45. The predicted octanol–water partition coefficient (Wildman–Crippen LogP) is 21.3. The molecule has 0 aliphatic heterocycles. The molecule has 0 fully saturated rings. The molecule has 0 aromatic carbocycles. The van der Waals surface area contributed by atoms with Crippen molar-refractivity contribution in [3.8, 4) is 0 Å². The van der Waals surface area contributed by atoms with Gasteiger partial charge in [0.1, 0.15) is 19.3 Å². The van der Waals surface area contributed by atoms with Crippen LogP contribution < -0.4 is 0 Å². The van der Waals surface area contributed by atoms with Gasteiger partial charge >= 0.3 is 39.5 Å². The van der Waals surface area contributed by atoms with E-state index >= 15 is 0 Å². The van der Waals surface area contributed by atoms with Crippen LogP contribution in [0, 0.1) is 23.7 Å². The number of hydrogen-bond donors (Lipinski definition) is 3. The Hall–Kier alpha value is -1.94. The lowest BCUT2D eigenvalue weighted by molar-refractivity contribution is -0.161. The van der Waals surface area contributed by atoms with Crippen LogP contribution in [0.5, 0.6) is 0 Å². The van der Waals surface area contributed by atoms with Gasteiger partial charge in [-0.25, -0.2) is 9.13 Å². The van der Waals surface area contributed by atoms with Crippen molar-refractivity contribution in [2.75, 3.05) is 39.6 Å². The van der Waals surface area contributed by atoms with Crippen LogP contribution in [0.25, 0.3) is 0 Å². The summed E-state index contributed by atoms with van der Waals surface area (Å²) in [6.45, 7) is 14.2. The highest BCUT2D eigenvalue weighted by Gasteiger charge is 2.30. The van der Waals surface area contributed by atoms with Crippen LogP contribution in [0.3, 0.4) is 0 Å². The number of phosphoric ester groups is 2. The van der Waals surface area contributed by atoms with Crippen molar-refractivity contribution < 1.29 is 80.2 Å². The van der Waals surface area contributed by atoms with Crippen molar-refractivity contribution in [3.05, 3.63) is 0 Å². The van der Waals surface area contributed by atoms with Gasteiger partial charge in [-0.05, 0) is 49.4 Å². The van der Waals surface area contributed by atoms with Crippen molar-refractivity contribution in [1.29, 1.82) is 0 Å². The number of unbranched alkanes of at least 4 members (excludes halogenated alkanes) is 35. The monoisotopic (exact) mass is 1370 g/mol. The summed E-state index contributed by atoms with van der Waals surface area (Å²) >= 11 is 0. The van der Waals surface area contributed by atoms with Crippen LogP contribution in [0.1, 0.15) is 370 Å². The minimum Gasteiger partial charge on any atom is -0.462 e. The fraction of sp³-hybridized carbons (Fsp3) is 0.946. The summed E-state index contributed by atoms with van der Waals surface area (Å²) in [7, 11) is -9.91. The fourth-order valence-electron chi connectivity index (χ4n) is 11.1. The number of rotatable bonds is 71. The summed E-state index contributed by atoms with van der Waals surface area (Å²) in [6.07, 6.45) is 47.2. The van der Waals surface area contributed by atoms with Crippen LogP contribution in [-0.2, 0) is 65.4 Å². The Labute approximate surface area is 568 Å². The lowest BCUT2D eigenvalue weighted by Crippen LogP contribution is -2.30. The van der Waals surface area contributed by atoms with Crippen LogP contribution >= 0.6 is 15.6 Å². The molecular formula is C74H144O17P2. The molecule has 19 heteroatoms. The van der Waals surface area contributed by atoms with Gasteiger partial charge in [-0.2, -0.15) is 0 Å². The van der Waals surface area contributed by atoms with E-state index in [4.69, 9.17) is 37.0 Å². The number of hydrogen-bond acceptors (Lipinski definition) is 15. The van der Waals surface area contributed by atoms with E-state index in [-0.39, 0.29) is 25.7 Å². The summed E-state index contributed by atoms with van der Waals surface area (Å²) in [6, 6.07) is 0. The average molecular weight is 1370 g/mol. The summed E-state index contributed by atoms with van der Waals surface area (Å²) in [5.74, 6) is 0.944. The summed E-state index contributed by atoms with van der Waals surface area (Å²) in [4.78, 5) is 72.7. The summed E-state index contributed by atoms with van der Waals surface area (Å²) in [5, 5.41) is 10.6. The van der Waals surface area contributed by atoms with Gasteiger partial charge in [-0.15, -0.1) is 0 Å². The lowest BCUT2D eigenvalue weighted by Gasteiger charge is -2.21. The Morgan fingerprint density at radius 1 is 0.301 bits per heavy atom. The van der Waals surface area contributed by atoms with Gasteiger partial charge in [0, 0.05) is 25.7 Å². The van der Waals surface area contributed by atoms with E-state index in [0.717, 1.165) is 120 Å². The minimum atomic E-state index is -4.96.